The minimum Gasteiger partial charge on any atom is -0.380 e. The van der Waals surface area contributed by atoms with Crippen molar-refractivity contribution in [1.29, 1.82) is 0 Å². The van der Waals surface area contributed by atoms with Crippen LogP contribution in [0.15, 0.2) is 24.3 Å². The third-order valence-corrected chi connectivity index (χ3v) is 4.12. The first-order chi connectivity index (χ1) is 10.2. The Morgan fingerprint density at radius 3 is 2.71 bits per heavy atom. The molecule has 0 radical (unpaired) electrons. The summed E-state index contributed by atoms with van der Waals surface area (Å²) in [5.41, 5.74) is 8.07. The van der Waals surface area contributed by atoms with Gasteiger partial charge in [-0.15, -0.1) is 0 Å². The summed E-state index contributed by atoms with van der Waals surface area (Å²) in [7, 11) is 0. The van der Waals surface area contributed by atoms with Crippen molar-refractivity contribution in [3.8, 4) is 0 Å². The molecule has 2 fully saturated rings. The molecule has 2 N–H and O–H groups in total. The number of rotatable bonds is 3. The van der Waals surface area contributed by atoms with Gasteiger partial charge in [0.2, 0.25) is 5.91 Å². The lowest BCUT2D eigenvalue weighted by atomic mass is 10.2. The number of carbonyl (C=O) groups is 1. The largest absolute Gasteiger partial charge is 0.380 e. The first kappa shape index (κ1) is 14.5. The molecule has 0 saturated carbocycles. The number of hydrogen-bond acceptors (Lipinski definition) is 4. The van der Waals surface area contributed by atoms with E-state index >= 15 is 0 Å². The topological polar surface area (TPSA) is 58.8 Å². The Bertz CT molecular complexity index is 481. The number of amides is 1. The van der Waals surface area contributed by atoms with Crippen molar-refractivity contribution in [2.24, 2.45) is 5.73 Å². The molecule has 2 aliphatic heterocycles. The molecule has 0 spiro atoms. The molecule has 2 heterocycles. The van der Waals surface area contributed by atoms with Gasteiger partial charge in [-0.05, 0) is 24.1 Å². The standard InChI is InChI=1S/C16H23N3O2/c17-14-10-16(20)19(12-14)15-4-2-13(3-5-15)11-18-6-1-8-21-9-7-18/h2-5,14H,1,6-12,17H2. The normalized spacial score (nSPS) is 24.3. The molecule has 5 heteroatoms. The zero-order chi connectivity index (χ0) is 14.7. The Morgan fingerprint density at radius 1 is 1.19 bits per heavy atom. The minimum absolute atomic E-state index is 0.0331. The summed E-state index contributed by atoms with van der Waals surface area (Å²) in [4.78, 5) is 16.1. The van der Waals surface area contributed by atoms with Gasteiger partial charge in [-0.25, -0.2) is 0 Å². The fourth-order valence-electron chi connectivity index (χ4n) is 2.98. The van der Waals surface area contributed by atoms with E-state index in [9.17, 15) is 4.79 Å². The van der Waals surface area contributed by atoms with Crippen LogP contribution in [0.2, 0.25) is 0 Å². The number of anilines is 1. The van der Waals surface area contributed by atoms with Crippen LogP contribution < -0.4 is 10.6 Å². The van der Waals surface area contributed by atoms with Crippen LogP contribution in [-0.2, 0) is 16.1 Å². The van der Waals surface area contributed by atoms with Crippen LogP contribution in [0.1, 0.15) is 18.4 Å². The molecule has 2 aliphatic rings. The van der Waals surface area contributed by atoms with E-state index < -0.39 is 0 Å². The lowest BCUT2D eigenvalue weighted by molar-refractivity contribution is -0.117. The van der Waals surface area contributed by atoms with Gasteiger partial charge in [-0.3, -0.25) is 9.69 Å². The number of benzene rings is 1. The van der Waals surface area contributed by atoms with Crippen LogP contribution in [0.5, 0.6) is 0 Å². The average Bonchev–Trinajstić information content (AvgIpc) is 2.67. The molecule has 5 nitrogen and oxygen atoms in total. The quantitative estimate of drug-likeness (QED) is 0.901. The van der Waals surface area contributed by atoms with E-state index in [1.54, 1.807) is 4.90 Å². The highest BCUT2D eigenvalue weighted by atomic mass is 16.5. The van der Waals surface area contributed by atoms with Gasteiger partial charge < -0.3 is 15.4 Å². The van der Waals surface area contributed by atoms with Crippen molar-refractivity contribution in [1.82, 2.24) is 4.90 Å². The summed E-state index contributed by atoms with van der Waals surface area (Å²) < 4.78 is 5.47. The average molecular weight is 289 g/mol. The molecule has 114 valence electrons. The molecular weight excluding hydrogens is 266 g/mol. The lowest BCUT2D eigenvalue weighted by Crippen LogP contribution is -2.28. The second-order valence-corrected chi connectivity index (χ2v) is 5.88. The molecule has 1 aromatic carbocycles. The Labute approximate surface area is 125 Å². The second-order valence-electron chi connectivity index (χ2n) is 5.88. The fraction of sp³-hybridized carbons (Fsp3) is 0.562. The zero-order valence-electron chi connectivity index (χ0n) is 12.3. The van der Waals surface area contributed by atoms with Gasteiger partial charge in [-0.2, -0.15) is 0 Å². The van der Waals surface area contributed by atoms with Gasteiger partial charge in [0, 0.05) is 50.9 Å². The molecule has 0 bridgehead atoms. The lowest BCUT2D eigenvalue weighted by Gasteiger charge is -2.20. The molecule has 1 unspecified atom stereocenters. The second kappa shape index (κ2) is 6.56. The van der Waals surface area contributed by atoms with Crippen LogP contribution >= 0.6 is 0 Å². The van der Waals surface area contributed by atoms with Crippen molar-refractivity contribution in [3.63, 3.8) is 0 Å². The van der Waals surface area contributed by atoms with E-state index in [0.29, 0.717) is 13.0 Å². The molecule has 3 rings (SSSR count). The zero-order valence-corrected chi connectivity index (χ0v) is 12.3. The van der Waals surface area contributed by atoms with Gasteiger partial charge in [0.05, 0.1) is 6.61 Å². The summed E-state index contributed by atoms with van der Waals surface area (Å²) in [6.07, 6.45) is 1.55. The molecule has 21 heavy (non-hydrogen) atoms. The predicted octanol–water partition coefficient (Wildman–Crippen LogP) is 0.973. The predicted molar refractivity (Wildman–Crippen MR) is 82.1 cm³/mol. The molecule has 1 aromatic rings. The van der Waals surface area contributed by atoms with Crippen molar-refractivity contribution >= 4 is 11.6 Å². The molecule has 0 aliphatic carbocycles. The van der Waals surface area contributed by atoms with Crippen LogP contribution in [0.25, 0.3) is 0 Å². The molecular formula is C16H23N3O2. The maximum absolute atomic E-state index is 11.8. The summed E-state index contributed by atoms with van der Waals surface area (Å²) >= 11 is 0. The SMILES string of the molecule is NC1CC(=O)N(c2ccc(CN3CCCOCC3)cc2)C1. The van der Waals surface area contributed by atoms with Crippen LogP contribution in [0.4, 0.5) is 5.69 Å². The minimum atomic E-state index is -0.0331. The van der Waals surface area contributed by atoms with Crippen LogP contribution in [-0.4, -0.2) is 49.7 Å². The summed E-state index contributed by atoms with van der Waals surface area (Å²) in [5, 5.41) is 0. The van der Waals surface area contributed by atoms with Crippen LogP contribution in [0, 0.1) is 0 Å². The summed E-state index contributed by atoms with van der Waals surface area (Å²) in [5.74, 6) is 0.125. The highest BCUT2D eigenvalue weighted by Crippen LogP contribution is 2.21. The van der Waals surface area contributed by atoms with Gasteiger partial charge in [0.1, 0.15) is 0 Å². The first-order valence-corrected chi connectivity index (χ1v) is 7.67. The molecule has 1 amide bonds. The van der Waals surface area contributed by atoms with Gasteiger partial charge in [0.15, 0.2) is 0 Å². The van der Waals surface area contributed by atoms with Crippen molar-refractivity contribution < 1.29 is 9.53 Å². The molecule has 0 aromatic heterocycles. The number of carbonyl (C=O) groups excluding carboxylic acids is 1. The van der Waals surface area contributed by atoms with Crippen molar-refractivity contribution in [2.75, 3.05) is 37.7 Å². The van der Waals surface area contributed by atoms with E-state index in [0.717, 1.165) is 45.0 Å². The third-order valence-electron chi connectivity index (χ3n) is 4.12. The van der Waals surface area contributed by atoms with Crippen molar-refractivity contribution in [3.05, 3.63) is 29.8 Å². The highest BCUT2D eigenvalue weighted by Gasteiger charge is 2.27. The highest BCUT2D eigenvalue weighted by molar-refractivity contribution is 5.96. The van der Waals surface area contributed by atoms with E-state index in [-0.39, 0.29) is 11.9 Å². The van der Waals surface area contributed by atoms with E-state index in [1.807, 2.05) is 12.1 Å². The Morgan fingerprint density at radius 2 is 2.00 bits per heavy atom. The Hall–Kier alpha value is -1.43. The summed E-state index contributed by atoms with van der Waals surface area (Å²) in [6.45, 7) is 5.33. The fourth-order valence-corrected chi connectivity index (χ4v) is 2.98. The smallest absolute Gasteiger partial charge is 0.228 e. The maximum Gasteiger partial charge on any atom is 0.228 e. The molecule has 2 saturated heterocycles. The Balaban J connectivity index is 1.62. The van der Waals surface area contributed by atoms with Crippen LogP contribution in [0.3, 0.4) is 0 Å². The van der Waals surface area contributed by atoms with E-state index in [1.165, 1.54) is 5.56 Å². The summed E-state index contributed by atoms with van der Waals surface area (Å²) in [6, 6.07) is 8.24. The maximum atomic E-state index is 11.8. The number of nitrogens with two attached hydrogens (primary N) is 1. The third kappa shape index (κ3) is 3.61. The van der Waals surface area contributed by atoms with E-state index in [2.05, 4.69) is 17.0 Å². The monoisotopic (exact) mass is 289 g/mol. The number of nitrogens with zero attached hydrogens (tertiary/aromatic N) is 2. The van der Waals surface area contributed by atoms with Gasteiger partial charge >= 0.3 is 0 Å². The van der Waals surface area contributed by atoms with Gasteiger partial charge in [-0.1, -0.05) is 12.1 Å². The van der Waals surface area contributed by atoms with Gasteiger partial charge in [0.25, 0.3) is 0 Å². The van der Waals surface area contributed by atoms with E-state index in [4.69, 9.17) is 10.5 Å². The number of ether oxygens (including phenoxy) is 1. The first-order valence-electron chi connectivity index (χ1n) is 7.67. The van der Waals surface area contributed by atoms with Crippen molar-refractivity contribution in [2.45, 2.75) is 25.4 Å². The number of hydrogen-bond donors (Lipinski definition) is 1. The Kier molecular flexibility index (Phi) is 4.53. The molecule has 1 atom stereocenters.